The van der Waals surface area contributed by atoms with E-state index in [1.54, 1.807) is 0 Å². The maximum atomic E-state index is 12.0. The van der Waals surface area contributed by atoms with Crippen molar-refractivity contribution in [2.75, 3.05) is 12.3 Å². The Kier molecular flexibility index (Phi) is 1.26. The summed E-state index contributed by atoms with van der Waals surface area (Å²) in [5.74, 6) is 0.779. The molecule has 2 unspecified atom stereocenters. The lowest BCUT2D eigenvalue weighted by Crippen LogP contribution is -2.31. The molecule has 0 aromatic heterocycles. The fraction of sp³-hybridized carbons (Fsp3) is 0.385. The van der Waals surface area contributed by atoms with Crippen LogP contribution in [0.3, 0.4) is 0 Å². The van der Waals surface area contributed by atoms with Gasteiger partial charge in [0.25, 0.3) is 0 Å². The second-order valence-corrected chi connectivity index (χ2v) is 5.03. The van der Waals surface area contributed by atoms with Crippen LogP contribution >= 0.6 is 0 Å². The monoisotopic (exact) mass is 212 g/mol. The van der Waals surface area contributed by atoms with Crippen molar-refractivity contribution in [3.05, 3.63) is 29.3 Å². The van der Waals surface area contributed by atoms with Crippen molar-refractivity contribution in [1.29, 1.82) is 0 Å². The Morgan fingerprint density at radius 3 is 3.12 bits per heavy atom. The first-order valence-electron chi connectivity index (χ1n) is 5.69. The number of fused-ring (bicyclic) bond motifs is 1. The summed E-state index contributed by atoms with van der Waals surface area (Å²) in [6.07, 6.45) is 1.65. The Balaban J connectivity index is 2.05. The van der Waals surface area contributed by atoms with Gasteiger partial charge in [0.15, 0.2) is 5.78 Å². The summed E-state index contributed by atoms with van der Waals surface area (Å²) in [5.41, 5.74) is 9.70. The van der Waals surface area contributed by atoms with Crippen LogP contribution in [0.5, 0.6) is 0 Å². The van der Waals surface area contributed by atoms with Gasteiger partial charge in [-0.15, -0.1) is 0 Å². The maximum absolute atomic E-state index is 12.0. The van der Waals surface area contributed by atoms with Gasteiger partial charge in [-0.2, -0.15) is 0 Å². The van der Waals surface area contributed by atoms with Crippen molar-refractivity contribution < 1.29 is 4.79 Å². The van der Waals surface area contributed by atoms with Gasteiger partial charge >= 0.3 is 0 Å². The highest BCUT2D eigenvalue weighted by Crippen LogP contribution is 2.62. The molecular formula is C13H12N2O. The highest BCUT2D eigenvalue weighted by molar-refractivity contribution is 6.21. The van der Waals surface area contributed by atoms with E-state index in [0.717, 1.165) is 29.8 Å². The number of nitrogens with zero attached hydrogens (tertiary/aromatic N) is 1. The van der Waals surface area contributed by atoms with Crippen molar-refractivity contribution in [3.8, 4) is 0 Å². The summed E-state index contributed by atoms with van der Waals surface area (Å²) in [6.45, 7) is 0.900. The molecule has 1 heterocycles. The number of hydrogen-bond acceptors (Lipinski definition) is 3. The highest BCUT2D eigenvalue weighted by atomic mass is 16.1. The van der Waals surface area contributed by atoms with E-state index in [4.69, 9.17) is 5.73 Å². The zero-order valence-electron chi connectivity index (χ0n) is 8.86. The number of benzene rings is 1. The minimum absolute atomic E-state index is 0.110. The summed E-state index contributed by atoms with van der Waals surface area (Å²) in [4.78, 5) is 16.6. The number of carbonyl (C=O) groups excluding carboxylic acids is 1. The van der Waals surface area contributed by atoms with Gasteiger partial charge < -0.3 is 5.73 Å². The summed E-state index contributed by atoms with van der Waals surface area (Å²) >= 11 is 0. The predicted octanol–water partition coefficient (Wildman–Crippen LogP) is 1.57. The van der Waals surface area contributed by atoms with E-state index in [9.17, 15) is 4.79 Å². The molecule has 0 saturated heterocycles. The zero-order chi connectivity index (χ0) is 10.9. The van der Waals surface area contributed by atoms with Crippen LogP contribution in [0, 0.1) is 5.92 Å². The molecule has 3 nitrogen and oxygen atoms in total. The van der Waals surface area contributed by atoms with Gasteiger partial charge in [-0.1, -0.05) is 12.1 Å². The predicted molar refractivity (Wildman–Crippen MR) is 61.9 cm³/mol. The molecule has 3 heteroatoms. The number of anilines is 1. The summed E-state index contributed by atoms with van der Waals surface area (Å²) in [5, 5.41) is 0. The molecule has 1 aliphatic heterocycles. The van der Waals surface area contributed by atoms with Crippen molar-refractivity contribution in [3.63, 3.8) is 0 Å². The Labute approximate surface area is 93.4 Å². The van der Waals surface area contributed by atoms with E-state index in [1.165, 1.54) is 0 Å². The number of rotatable bonds is 0. The van der Waals surface area contributed by atoms with Gasteiger partial charge in [0.1, 0.15) is 0 Å². The molecule has 0 bridgehead atoms. The van der Waals surface area contributed by atoms with Crippen molar-refractivity contribution >= 4 is 17.2 Å². The molecule has 2 N–H and O–H groups in total. The van der Waals surface area contributed by atoms with E-state index in [2.05, 4.69) is 11.1 Å². The first-order valence-corrected chi connectivity index (χ1v) is 5.69. The molecule has 1 spiro atoms. The number of Topliss-reactive ketones (excluding diaryl/α,β-unsaturated/α-hetero) is 1. The molecule has 1 saturated carbocycles. The standard InChI is InChI=1S/C13H12N2O/c14-9-3-1-2-8-12(9)10(16)4-11-13(8)5-7(13)6-15-11/h1-3,7H,4-6,14H2. The number of hydrogen-bond donors (Lipinski definition) is 1. The molecule has 2 atom stereocenters. The van der Waals surface area contributed by atoms with Crippen LogP contribution in [0.15, 0.2) is 23.2 Å². The molecule has 3 aliphatic rings. The SMILES string of the molecule is Nc1cccc2c1C(=O)CC1=NCC3CC123. The van der Waals surface area contributed by atoms with Gasteiger partial charge in [0.05, 0.1) is 6.42 Å². The van der Waals surface area contributed by atoms with Crippen LogP contribution in [0.1, 0.15) is 28.8 Å². The van der Waals surface area contributed by atoms with E-state index >= 15 is 0 Å². The number of ketones is 1. The molecule has 0 radical (unpaired) electrons. The van der Waals surface area contributed by atoms with Gasteiger partial charge in [0, 0.05) is 28.9 Å². The average Bonchev–Trinajstić information content (AvgIpc) is 2.89. The van der Waals surface area contributed by atoms with Crippen LogP contribution in [0.25, 0.3) is 0 Å². The fourth-order valence-electron chi connectivity index (χ4n) is 3.46. The molecule has 1 aromatic carbocycles. The van der Waals surface area contributed by atoms with Gasteiger partial charge in [-0.3, -0.25) is 9.79 Å². The molecule has 0 amide bonds. The minimum Gasteiger partial charge on any atom is -0.398 e. The largest absolute Gasteiger partial charge is 0.398 e. The quantitative estimate of drug-likeness (QED) is 0.663. The third-order valence-corrected chi connectivity index (χ3v) is 4.31. The molecule has 80 valence electrons. The number of nitrogen functional groups attached to an aromatic ring is 1. The number of carbonyl (C=O) groups is 1. The van der Waals surface area contributed by atoms with Gasteiger partial charge in [0.2, 0.25) is 0 Å². The Hall–Kier alpha value is -1.64. The van der Waals surface area contributed by atoms with Crippen LogP contribution in [-0.2, 0) is 5.41 Å². The van der Waals surface area contributed by atoms with E-state index in [1.807, 2.05) is 12.1 Å². The average molecular weight is 212 g/mol. The van der Waals surface area contributed by atoms with Crippen molar-refractivity contribution in [2.45, 2.75) is 18.3 Å². The van der Waals surface area contributed by atoms with Crippen molar-refractivity contribution in [1.82, 2.24) is 0 Å². The second-order valence-electron chi connectivity index (χ2n) is 5.03. The maximum Gasteiger partial charge on any atom is 0.170 e. The summed E-state index contributed by atoms with van der Waals surface area (Å²) in [7, 11) is 0. The lowest BCUT2D eigenvalue weighted by molar-refractivity contribution is 0.0996. The van der Waals surface area contributed by atoms with Crippen LogP contribution in [0.2, 0.25) is 0 Å². The first-order chi connectivity index (χ1) is 7.73. The third-order valence-electron chi connectivity index (χ3n) is 4.31. The minimum atomic E-state index is 0.110. The van der Waals surface area contributed by atoms with Crippen molar-refractivity contribution in [2.24, 2.45) is 10.9 Å². The third kappa shape index (κ3) is 0.742. The second kappa shape index (κ2) is 2.37. The molecule has 1 aromatic rings. The van der Waals surface area contributed by atoms with E-state index in [-0.39, 0.29) is 11.2 Å². The van der Waals surface area contributed by atoms with Gasteiger partial charge in [-0.05, 0) is 24.0 Å². The fourth-order valence-corrected chi connectivity index (χ4v) is 3.46. The van der Waals surface area contributed by atoms with Gasteiger partial charge in [-0.25, -0.2) is 0 Å². The number of nitrogens with two attached hydrogens (primary N) is 1. The zero-order valence-corrected chi connectivity index (χ0v) is 8.86. The topological polar surface area (TPSA) is 55.5 Å². The molecule has 4 rings (SSSR count). The highest BCUT2D eigenvalue weighted by Gasteiger charge is 2.64. The molecular weight excluding hydrogens is 200 g/mol. The smallest absolute Gasteiger partial charge is 0.170 e. The summed E-state index contributed by atoms with van der Waals surface area (Å²) < 4.78 is 0. The molecule has 16 heavy (non-hydrogen) atoms. The van der Waals surface area contributed by atoms with Crippen LogP contribution in [-0.4, -0.2) is 18.0 Å². The lowest BCUT2D eigenvalue weighted by atomic mass is 9.77. The first kappa shape index (κ1) is 8.50. The molecule has 2 aliphatic carbocycles. The molecule has 1 fully saturated rings. The number of aliphatic imine (C=N–C) groups is 1. The van der Waals surface area contributed by atoms with Crippen LogP contribution < -0.4 is 5.73 Å². The Morgan fingerprint density at radius 2 is 2.31 bits per heavy atom. The summed E-state index contributed by atoms with van der Waals surface area (Å²) in [6, 6.07) is 5.83. The normalized spacial score (nSPS) is 33.9. The Morgan fingerprint density at radius 1 is 1.44 bits per heavy atom. The Bertz CT molecular complexity index is 561. The van der Waals surface area contributed by atoms with E-state index < -0.39 is 0 Å². The van der Waals surface area contributed by atoms with E-state index in [0.29, 0.717) is 18.0 Å². The lowest BCUT2D eigenvalue weighted by Gasteiger charge is -2.25. The van der Waals surface area contributed by atoms with Crippen LogP contribution in [0.4, 0.5) is 5.69 Å².